The Balaban J connectivity index is 1.48. The van der Waals surface area contributed by atoms with Crippen molar-refractivity contribution in [1.29, 1.82) is 0 Å². The summed E-state index contributed by atoms with van der Waals surface area (Å²) >= 11 is 0. The van der Waals surface area contributed by atoms with E-state index in [1.165, 1.54) is 22.3 Å². The second-order valence-electron chi connectivity index (χ2n) is 6.95. The molecule has 0 amide bonds. The summed E-state index contributed by atoms with van der Waals surface area (Å²) in [7, 11) is 0. The summed E-state index contributed by atoms with van der Waals surface area (Å²) in [4.78, 5) is 2.32. The van der Waals surface area contributed by atoms with E-state index >= 15 is 0 Å². The minimum atomic E-state index is -0.124. The van der Waals surface area contributed by atoms with E-state index in [1.807, 2.05) is 10.9 Å². The monoisotopic (exact) mass is 348 g/mol. The Morgan fingerprint density at radius 2 is 1.96 bits per heavy atom. The molecule has 26 heavy (non-hydrogen) atoms. The average molecular weight is 348 g/mol. The lowest BCUT2D eigenvalue weighted by molar-refractivity contribution is 0.0252. The summed E-state index contributed by atoms with van der Waals surface area (Å²) in [5.41, 5.74) is 5.98. The highest BCUT2D eigenvalue weighted by Crippen LogP contribution is 2.27. The van der Waals surface area contributed by atoms with Gasteiger partial charge in [-0.3, -0.25) is 4.90 Å². The second kappa shape index (κ2) is 7.40. The Hall–Kier alpha value is -2.50. The van der Waals surface area contributed by atoms with Gasteiger partial charge in [0.1, 0.15) is 5.69 Å². The van der Waals surface area contributed by atoms with Crippen LogP contribution >= 0.6 is 0 Å². The van der Waals surface area contributed by atoms with Crippen LogP contribution in [-0.4, -0.2) is 33.0 Å². The summed E-state index contributed by atoms with van der Waals surface area (Å²) in [6, 6.07) is 17.0. The van der Waals surface area contributed by atoms with Crippen molar-refractivity contribution in [3.8, 4) is 0 Å². The van der Waals surface area contributed by atoms with Crippen LogP contribution in [0.1, 0.15) is 34.2 Å². The molecular weight excluding hydrogens is 324 g/mol. The summed E-state index contributed by atoms with van der Waals surface area (Å²) < 4.78 is 7.84. The van der Waals surface area contributed by atoms with Gasteiger partial charge in [-0.05, 0) is 30.5 Å². The fourth-order valence-corrected chi connectivity index (χ4v) is 3.45. The van der Waals surface area contributed by atoms with Crippen LogP contribution in [0.4, 0.5) is 0 Å². The number of rotatable bonds is 5. The van der Waals surface area contributed by atoms with Gasteiger partial charge >= 0.3 is 0 Å². The lowest BCUT2D eigenvalue weighted by Gasteiger charge is -2.21. The number of ether oxygens (including phenoxy) is 1. The highest BCUT2D eigenvalue weighted by atomic mass is 16.5. The van der Waals surface area contributed by atoms with Gasteiger partial charge in [-0.15, -0.1) is 5.10 Å². The van der Waals surface area contributed by atoms with Crippen LogP contribution in [0.25, 0.3) is 0 Å². The quantitative estimate of drug-likeness (QED) is 0.708. The van der Waals surface area contributed by atoms with Crippen molar-refractivity contribution in [1.82, 2.24) is 19.9 Å². The minimum Gasteiger partial charge on any atom is -0.356 e. The first-order valence-electron chi connectivity index (χ1n) is 9.05. The van der Waals surface area contributed by atoms with E-state index in [4.69, 9.17) is 4.74 Å². The summed E-state index contributed by atoms with van der Waals surface area (Å²) in [5, 5.41) is 8.69. The molecule has 0 radical (unpaired) electrons. The molecule has 2 heterocycles. The highest BCUT2D eigenvalue weighted by molar-refractivity contribution is 5.26. The fraction of sp³-hybridized carbons (Fsp3) is 0.333. The van der Waals surface area contributed by atoms with Gasteiger partial charge in [0.2, 0.25) is 0 Å². The standard InChI is InChI=1S/C21H24N4O/c1-16-6-5-8-18(12-16)13-24-10-11-26-21(24)20-15-25(23-22-20)14-19-9-4-3-7-17(19)2/h3-9,12,15,21H,10-11,13-14H2,1-2H3/t21-/m1/s1. The van der Waals surface area contributed by atoms with E-state index < -0.39 is 0 Å². The van der Waals surface area contributed by atoms with Crippen LogP contribution in [0.5, 0.6) is 0 Å². The predicted molar refractivity (Wildman–Crippen MR) is 101 cm³/mol. The Labute approximate surface area is 154 Å². The van der Waals surface area contributed by atoms with E-state index in [9.17, 15) is 0 Å². The largest absolute Gasteiger partial charge is 0.356 e. The summed E-state index contributed by atoms with van der Waals surface area (Å²) in [6.45, 7) is 7.46. The molecule has 0 bridgehead atoms. The van der Waals surface area contributed by atoms with Crippen LogP contribution in [0.2, 0.25) is 0 Å². The molecular formula is C21H24N4O. The number of hydrogen-bond donors (Lipinski definition) is 0. The first-order chi connectivity index (χ1) is 12.7. The van der Waals surface area contributed by atoms with Gasteiger partial charge in [-0.2, -0.15) is 0 Å². The molecule has 5 heteroatoms. The number of aryl methyl sites for hydroxylation is 2. The average Bonchev–Trinajstić information content (AvgIpc) is 3.26. The Kier molecular flexibility index (Phi) is 4.82. The first-order valence-corrected chi connectivity index (χ1v) is 9.05. The molecule has 0 saturated carbocycles. The third-order valence-corrected chi connectivity index (χ3v) is 4.86. The van der Waals surface area contributed by atoms with Crippen molar-refractivity contribution in [3.05, 3.63) is 82.7 Å². The van der Waals surface area contributed by atoms with Gasteiger partial charge in [-0.1, -0.05) is 59.3 Å². The van der Waals surface area contributed by atoms with Crippen molar-refractivity contribution in [2.75, 3.05) is 13.2 Å². The van der Waals surface area contributed by atoms with Gasteiger partial charge < -0.3 is 4.74 Å². The first kappa shape index (κ1) is 16.9. The van der Waals surface area contributed by atoms with Gasteiger partial charge in [0.25, 0.3) is 0 Å². The Morgan fingerprint density at radius 1 is 1.08 bits per heavy atom. The predicted octanol–water partition coefficient (Wildman–Crippen LogP) is 3.47. The zero-order valence-electron chi connectivity index (χ0n) is 15.3. The topological polar surface area (TPSA) is 43.2 Å². The molecule has 1 atom stereocenters. The molecule has 134 valence electrons. The van der Waals surface area contributed by atoms with Crippen molar-refractivity contribution < 1.29 is 4.74 Å². The van der Waals surface area contributed by atoms with Gasteiger partial charge in [-0.25, -0.2) is 4.68 Å². The number of benzene rings is 2. The molecule has 0 aliphatic carbocycles. The third-order valence-electron chi connectivity index (χ3n) is 4.86. The molecule has 1 aromatic heterocycles. The van der Waals surface area contributed by atoms with Crippen molar-refractivity contribution >= 4 is 0 Å². The maximum Gasteiger partial charge on any atom is 0.157 e. The fourth-order valence-electron chi connectivity index (χ4n) is 3.45. The summed E-state index contributed by atoms with van der Waals surface area (Å²) in [5.74, 6) is 0. The van der Waals surface area contributed by atoms with Gasteiger partial charge in [0.15, 0.2) is 6.23 Å². The number of aromatic nitrogens is 3. The van der Waals surface area contributed by atoms with Crippen molar-refractivity contribution in [2.45, 2.75) is 33.2 Å². The molecule has 1 aliphatic rings. The van der Waals surface area contributed by atoms with Crippen LogP contribution in [-0.2, 0) is 17.8 Å². The normalized spacial score (nSPS) is 17.7. The SMILES string of the molecule is Cc1cccc(CN2CCO[C@@H]2c2cn(Cc3ccccc3C)nn2)c1. The number of hydrogen-bond acceptors (Lipinski definition) is 4. The van der Waals surface area contributed by atoms with E-state index in [0.717, 1.165) is 31.9 Å². The van der Waals surface area contributed by atoms with Crippen molar-refractivity contribution in [3.63, 3.8) is 0 Å². The van der Waals surface area contributed by atoms with Crippen LogP contribution in [0.15, 0.2) is 54.7 Å². The smallest absolute Gasteiger partial charge is 0.157 e. The molecule has 3 aromatic rings. The molecule has 0 N–H and O–H groups in total. The maximum atomic E-state index is 5.95. The van der Waals surface area contributed by atoms with Crippen LogP contribution in [0, 0.1) is 13.8 Å². The molecule has 0 unspecified atom stereocenters. The van der Waals surface area contributed by atoms with Gasteiger partial charge in [0.05, 0.1) is 19.3 Å². The maximum absolute atomic E-state index is 5.95. The molecule has 1 fully saturated rings. The molecule has 5 nitrogen and oxygen atoms in total. The molecule has 2 aromatic carbocycles. The Morgan fingerprint density at radius 3 is 2.81 bits per heavy atom. The van der Waals surface area contributed by atoms with E-state index in [2.05, 4.69) is 77.6 Å². The molecule has 4 rings (SSSR count). The van der Waals surface area contributed by atoms with Crippen molar-refractivity contribution in [2.24, 2.45) is 0 Å². The lowest BCUT2D eigenvalue weighted by atomic mass is 10.1. The zero-order valence-corrected chi connectivity index (χ0v) is 15.3. The van der Waals surface area contributed by atoms with E-state index in [1.54, 1.807) is 0 Å². The second-order valence-corrected chi connectivity index (χ2v) is 6.95. The number of nitrogens with zero attached hydrogens (tertiary/aromatic N) is 4. The van der Waals surface area contributed by atoms with E-state index in [-0.39, 0.29) is 6.23 Å². The third kappa shape index (κ3) is 3.69. The minimum absolute atomic E-state index is 0.124. The van der Waals surface area contributed by atoms with Crippen LogP contribution < -0.4 is 0 Å². The van der Waals surface area contributed by atoms with E-state index in [0.29, 0.717) is 0 Å². The highest BCUT2D eigenvalue weighted by Gasteiger charge is 2.29. The zero-order chi connectivity index (χ0) is 17.9. The summed E-state index contributed by atoms with van der Waals surface area (Å²) in [6.07, 6.45) is 1.88. The lowest BCUT2D eigenvalue weighted by Crippen LogP contribution is -2.23. The Bertz CT molecular complexity index is 889. The van der Waals surface area contributed by atoms with Gasteiger partial charge in [0, 0.05) is 13.1 Å². The molecule has 1 aliphatic heterocycles. The molecule has 1 saturated heterocycles. The molecule has 0 spiro atoms. The van der Waals surface area contributed by atoms with Crippen LogP contribution in [0.3, 0.4) is 0 Å².